The summed E-state index contributed by atoms with van der Waals surface area (Å²) in [5.74, 6) is 1.66. The van der Waals surface area contributed by atoms with E-state index in [-0.39, 0.29) is 10.8 Å². The summed E-state index contributed by atoms with van der Waals surface area (Å²) in [5.41, 5.74) is 10.9. The topological polar surface area (TPSA) is 26.0 Å². The Hall–Kier alpha value is -3.91. The molecule has 0 spiro atoms. The van der Waals surface area contributed by atoms with Crippen LogP contribution in [0.5, 0.6) is 0 Å². The predicted molar refractivity (Wildman–Crippen MR) is 190 cm³/mol. The molecule has 2 heteroatoms. The van der Waals surface area contributed by atoms with Crippen LogP contribution in [0.2, 0.25) is 0 Å². The lowest BCUT2D eigenvalue weighted by molar-refractivity contribution is 0.411. The Bertz CT molecular complexity index is 1980. The highest BCUT2D eigenvalue weighted by Crippen LogP contribution is 2.44. The van der Waals surface area contributed by atoms with Crippen molar-refractivity contribution in [2.75, 3.05) is 0 Å². The van der Waals surface area contributed by atoms with Gasteiger partial charge in [-0.15, -0.1) is 0 Å². The fourth-order valence-corrected chi connectivity index (χ4v) is 6.78. The maximum Gasteiger partial charge on any atom is 0.146 e. The minimum Gasteiger partial charge on any atom is -0.455 e. The first-order valence-electron chi connectivity index (χ1n) is 16.2. The maximum absolute atomic E-state index is 7.00. The molecule has 0 saturated carbocycles. The van der Waals surface area contributed by atoms with E-state index in [4.69, 9.17) is 9.40 Å². The van der Waals surface area contributed by atoms with E-state index in [1.54, 1.807) is 0 Å². The van der Waals surface area contributed by atoms with Crippen molar-refractivity contribution >= 4 is 32.6 Å². The second-order valence-corrected chi connectivity index (χ2v) is 15.5. The normalized spacial score (nSPS) is 12.8. The summed E-state index contributed by atoms with van der Waals surface area (Å²) in [6.07, 6.45) is 1.05. The highest BCUT2D eigenvalue weighted by molar-refractivity contribution is 6.10. The zero-order valence-corrected chi connectivity index (χ0v) is 28.2. The average molecular weight is 582 g/mol. The lowest BCUT2D eigenvalue weighted by atomic mass is 9.81. The number of furan rings is 1. The predicted octanol–water partition coefficient (Wildman–Crippen LogP) is 12.6. The fraction of sp³-hybridized carbons (Fsp3) is 0.357. The van der Waals surface area contributed by atoms with Gasteiger partial charge in [0, 0.05) is 21.9 Å². The van der Waals surface area contributed by atoms with Crippen LogP contribution in [0.15, 0.2) is 83.3 Å². The smallest absolute Gasteiger partial charge is 0.146 e. The summed E-state index contributed by atoms with van der Waals surface area (Å²) in [4.78, 5) is 5.32. The molecule has 2 heterocycles. The van der Waals surface area contributed by atoms with Gasteiger partial charge in [-0.3, -0.25) is 0 Å². The van der Waals surface area contributed by atoms with Gasteiger partial charge in [0.1, 0.15) is 11.3 Å². The quantitative estimate of drug-likeness (QED) is 0.202. The lowest BCUT2D eigenvalue weighted by Crippen LogP contribution is -2.12. The standard InChI is InChI=1S/C42H47NO/c1-25(2)32-19-27(24-41(5,6)7)20-33(26(3)4)38(32)37-23-34-39(43-36-18-14-13-17-31(36)40(34)44-37)29-21-28-15-11-12-16-30(28)35(22-29)42(8,9)10/h11-23,25-26H,24H2,1-10H3. The van der Waals surface area contributed by atoms with Crippen molar-refractivity contribution in [1.82, 2.24) is 4.98 Å². The number of nitrogens with zero attached hydrogens (tertiary/aromatic N) is 1. The molecule has 0 bridgehead atoms. The lowest BCUT2D eigenvalue weighted by Gasteiger charge is -2.24. The molecule has 0 unspecified atom stereocenters. The van der Waals surface area contributed by atoms with Gasteiger partial charge in [-0.1, -0.05) is 118 Å². The van der Waals surface area contributed by atoms with Gasteiger partial charge < -0.3 is 4.42 Å². The molecule has 0 N–H and O–H groups in total. The molecule has 0 amide bonds. The van der Waals surface area contributed by atoms with Gasteiger partial charge in [-0.2, -0.15) is 0 Å². The van der Waals surface area contributed by atoms with Crippen LogP contribution in [-0.4, -0.2) is 4.98 Å². The van der Waals surface area contributed by atoms with Crippen molar-refractivity contribution in [3.05, 3.63) is 101 Å². The molecule has 0 radical (unpaired) electrons. The van der Waals surface area contributed by atoms with Crippen molar-refractivity contribution in [3.63, 3.8) is 0 Å². The molecule has 0 aliphatic heterocycles. The number of aromatic nitrogens is 1. The summed E-state index contributed by atoms with van der Waals surface area (Å²) in [6, 6.07) is 28.9. The first-order chi connectivity index (χ1) is 20.7. The Labute approximate surface area is 263 Å². The van der Waals surface area contributed by atoms with Gasteiger partial charge in [-0.25, -0.2) is 4.98 Å². The third-order valence-corrected chi connectivity index (χ3v) is 8.80. The first kappa shape index (κ1) is 30.1. The van der Waals surface area contributed by atoms with Crippen LogP contribution in [-0.2, 0) is 11.8 Å². The van der Waals surface area contributed by atoms with Crippen molar-refractivity contribution in [2.45, 2.75) is 92.9 Å². The van der Waals surface area contributed by atoms with E-state index in [1.165, 1.54) is 38.6 Å². The molecule has 0 atom stereocenters. The molecular formula is C42H47NO. The Kier molecular flexibility index (Phi) is 7.47. The van der Waals surface area contributed by atoms with E-state index in [2.05, 4.69) is 148 Å². The summed E-state index contributed by atoms with van der Waals surface area (Å²) >= 11 is 0. The second-order valence-electron chi connectivity index (χ2n) is 15.5. The zero-order valence-electron chi connectivity index (χ0n) is 28.2. The molecule has 226 valence electrons. The van der Waals surface area contributed by atoms with Crippen LogP contribution < -0.4 is 0 Å². The van der Waals surface area contributed by atoms with E-state index in [0.29, 0.717) is 11.8 Å². The largest absolute Gasteiger partial charge is 0.455 e. The van der Waals surface area contributed by atoms with Gasteiger partial charge in [0.15, 0.2) is 0 Å². The molecule has 2 nitrogen and oxygen atoms in total. The van der Waals surface area contributed by atoms with E-state index >= 15 is 0 Å². The fourth-order valence-electron chi connectivity index (χ4n) is 6.78. The zero-order chi connectivity index (χ0) is 31.6. The minimum absolute atomic E-state index is 0.0136. The summed E-state index contributed by atoms with van der Waals surface area (Å²) in [5, 5.41) is 4.65. The van der Waals surface area contributed by atoms with Crippen molar-refractivity contribution in [2.24, 2.45) is 5.41 Å². The molecule has 4 aromatic carbocycles. The van der Waals surface area contributed by atoms with Crippen LogP contribution in [0.3, 0.4) is 0 Å². The van der Waals surface area contributed by atoms with E-state index < -0.39 is 0 Å². The van der Waals surface area contributed by atoms with Crippen LogP contribution in [0.4, 0.5) is 0 Å². The summed E-state index contributed by atoms with van der Waals surface area (Å²) in [6.45, 7) is 23.1. The van der Waals surface area contributed by atoms with E-state index in [9.17, 15) is 0 Å². The van der Waals surface area contributed by atoms with E-state index in [1.807, 2.05) is 0 Å². The Morgan fingerprint density at radius 3 is 1.91 bits per heavy atom. The molecule has 2 aromatic heterocycles. The van der Waals surface area contributed by atoms with Gasteiger partial charge in [0.25, 0.3) is 0 Å². The molecule has 0 aliphatic carbocycles. The molecule has 6 rings (SSSR count). The maximum atomic E-state index is 7.00. The Morgan fingerprint density at radius 1 is 0.682 bits per heavy atom. The van der Waals surface area contributed by atoms with Crippen molar-refractivity contribution in [3.8, 4) is 22.6 Å². The van der Waals surface area contributed by atoms with E-state index in [0.717, 1.165) is 45.3 Å². The number of hydrogen-bond acceptors (Lipinski definition) is 2. The number of fused-ring (bicyclic) bond motifs is 4. The number of rotatable bonds is 5. The summed E-state index contributed by atoms with van der Waals surface area (Å²) in [7, 11) is 0. The van der Waals surface area contributed by atoms with Crippen molar-refractivity contribution < 1.29 is 4.42 Å². The molecule has 6 aromatic rings. The van der Waals surface area contributed by atoms with Gasteiger partial charge >= 0.3 is 0 Å². The highest BCUT2D eigenvalue weighted by Gasteiger charge is 2.25. The Balaban J connectivity index is 1.68. The third kappa shape index (κ3) is 5.56. The van der Waals surface area contributed by atoms with Gasteiger partial charge in [0.2, 0.25) is 0 Å². The molecule has 0 aliphatic rings. The van der Waals surface area contributed by atoms with Crippen LogP contribution in [0, 0.1) is 5.41 Å². The number of benzene rings is 4. The minimum atomic E-state index is -0.0136. The second kappa shape index (κ2) is 10.9. The average Bonchev–Trinajstić information content (AvgIpc) is 3.39. The van der Waals surface area contributed by atoms with Gasteiger partial charge in [0.05, 0.1) is 11.2 Å². The molecule has 0 fully saturated rings. The molecule has 44 heavy (non-hydrogen) atoms. The summed E-state index contributed by atoms with van der Waals surface area (Å²) < 4.78 is 7.00. The highest BCUT2D eigenvalue weighted by atomic mass is 16.3. The SMILES string of the molecule is CC(C)c1cc(CC(C)(C)C)cc(C(C)C)c1-c1cc2c(-c3cc(C(C)(C)C)c4ccccc4c3)nc3ccccc3c2o1. The third-order valence-electron chi connectivity index (χ3n) is 8.80. The van der Waals surface area contributed by atoms with Crippen LogP contribution in [0.25, 0.3) is 55.2 Å². The Morgan fingerprint density at radius 2 is 1.30 bits per heavy atom. The number of para-hydroxylation sites is 1. The van der Waals surface area contributed by atoms with Crippen LogP contribution in [0.1, 0.15) is 103 Å². The monoisotopic (exact) mass is 581 g/mol. The molecule has 0 saturated heterocycles. The molecular weight excluding hydrogens is 534 g/mol. The van der Waals surface area contributed by atoms with Gasteiger partial charge in [-0.05, 0) is 92.4 Å². The first-order valence-corrected chi connectivity index (χ1v) is 16.2. The van der Waals surface area contributed by atoms with Crippen molar-refractivity contribution in [1.29, 1.82) is 0 Å². The number of hydrogen-bond donors (Lipinski definition) is 0. The van der Waals surface area contributed by atoms with Crippen LogP contribution >= 0.6 is 0 Å². The number of pyridine rings is 1.